The third kappa shape index (κ3) is 5.37. The Morgan fingerprint density at radius 1 is 0.926 bits per heavy atom. The lowest BCUT2D eigenvalue weighted by molar-refractivity contribution is -0.117. The highest BCUT2D eigenvalue weighted by Gasteiger charge is 2.16. The second-order valence-corrected chi connectivity index (χ2v) is 5.88. The molecule has 0 saturated carbocycles. The van der Waals surface area contributed by atoms with Crippen LogP contribution in [0.3, 0.4) is 0 Å². The number of carbonyl (C=O) groups excluding carboxylic acids is 2. The van der Waals surface area contributed by atoms with Gasteiger partial charge in [-0.25, -0.2) is 0 Å². The van der Waals surface area contributed by atoms with E-state index in [2.05, 4.69) is 5.32 Å². The van der Waals surface area contributed by atoms with Gasteiger partial charge in [-0.2, -0.15) is 0 Å². The maximum atomic E-state index is 12.2. The second-order valence-electron chi connectivity index (χ2n) is 5.88. The molecule has 0 spiro atoms. The van der Waals surface area contributed by atoms with Crippen LogP contribution >= 0.6 is 0 Å². The Bertz CT molecular complexity index is 803. The fraction of sp³-hybridized carbons (Fsp3) is 0.300. The molecule has 0 bridgehead atoms. The number of methoxy groups -OCH3 is 3. The van der Waals surface area contributed by atoms with E-state index in [0.717, 1.165) is 11.1 Å². The van der Waals surface area contributed by atoms with Crippen molar-refractivity contribution in [3.05, 3.63) is 47.5 Å². The Morgan fingerprint density at radius 3 is 2.15 bits per heavy atom. The average Bonchev–Trinajstić information content (AvgIpc) is 2.66. The number of amides is 2. The third-order valence-corrected chi connectivity index (χ3v) is 4.02. The zero-order chi connectivity index (χ0) is 19.8. The summed E-state index contributed by atoms with van der Waals surface area (Å²) in [5.74, 6) is 1.10. The molecule has 0 radical (unpaired) electrons. The van der Waals surface area contributed by atoms with E-state index in [-0.39, 0.29) is 18.7 Å². The lowest BCUT2D eigenvalue weighted by Gasteiger charge is -2.15. The van der Waals surface area contributed by atoms with Crippen LogP contribution in [0.5, 0.6) is 17.2 Å². The summed E-state index contributed by atoms with van der Waals surface area (Å²) in [4.78, 5) is 23.2. The summed E-state index contributed by atoms with van der Waals surface area (Å²) in [6.07, 6.45) is 0.928. The lowest BCUT2D eigenvalue weighted by Crippen LogP contribution is -2.14. The van der Waals surface area contributed by atoms with Gasteiger partial charge in [0, 0.05) is 12.1 Å². The molecule has 0 aliphatic heterocycles. The van der Waals surface area contributed by atoms with E-state index in [1.165, 1.54) is 0 Å². The normalized spacial score (nSPS) is 10.2. The first-order valence-electron chi connectivity index (χ1n) is 8.43. The van der Waals surface area contributed by atoms with Crippen LogP contribution in [-0.2, 0) is 22.4 Å². The molecule has 144 valence electrons. The largest absolute Gasteiger partial charge is 0.493 e. The quantitative estimate of drug-likeness (QED) is 0.704. The number of hydrogen-bond donors (Lipinski definition) is 2. The Hall–Kier alpha value is -3.22. The van der Waals surface area contributed by atoms with Crippen molar-refractivity contribution in [2.24, 2.45) is 5.73 Å². The predicted molar refractivity (Wildman–Crippen MR) is 102 cm³/mol. The highest BCUT2D eigenvalue weighted by Crippen LogP contribution is 2.40. The van der Waals surface area contributed by atoms with Crippen molar-refractivity contribution in [3.8, 4) is 17.2 Å². The van der Waals surface area contributed by atoms with Crippen molar-refractivity contribution in [1.29, 1.82) is 0 Å². The highest BCUT2D eigenvalue weighted by atomic mass is 16.5. The SMILES string of the molecule is COc1ccc(CCC(=O)Nc2ccc(CC(N)=O)cc2)c(OC)c1OC. The molecular weight excluding hydrogens is 348 g/mol. The van der Waals surface area contributed by atoms with Gasteiger partial charge in [-0.1, -0.05) is 18.2 Å². The first-order valence-corrected chi connectivity index (χ1v) is 8.43. The van der Waals surface area contributed by atoms with Crippen molar-refractivity contribution < 1.29 is 23.8 Å². The van der Waals surface area contributed by atoms with E-state index in [4.69, 9.17) is 19.9 Å². The molecule has 0 fully saturated rings. The Morgan fingerprint density at radius 2 is 1.59 bits per heavy atom. The topological polar surface area (TPSA) is 99.9 Å². The number of nitrogens with two attached hydrogens (primary N) is 1. The number of nitrogens with one attached hydrogen (secondary N) is 1. The number of rotatable bonds is 9. The van der Waals surface area contributed by atoms with Crippen LogP contribution in [0.25, 0.3) is 0 Å². The summed E-state index contributed by atoms with van der Waals surface area (Å²) < 4.78 is 16.0. The Kier molecular flexibility index (Phi) is 7.05. The van der Waals surface area contributed by atoms with Crippen LogP contribution in [0.2, 0.25) is 0 Å². The average molecular weight is 372 g/mol. The van der Waals surface area contributed by atoms with Crippen LogP contribution in [0.15, 0.2) is 36.4 Å². The van der Waals surface area contributed by atoms with Crippen molar-refractivity contribution in [2.75, 3.05) is 26.6 Å². The van der Waals surface area contributed by atoms with Gasteiger partial charge in [0.15, 0.2) is 11.5 Å². The minimum atomic E-state index is -0.393. The number of carbonyl (C=O) groups is 2. The standard InChI is InChI=1S/C20H24N2O5/c1-25-16-10-6-14(19(26-2)20(16)27-3)7-11-18(24)22-15-8-4-13(5-9-15)12-17(21)23/h4-6,8-10H,7,11-12H2,1-3H3,(H2,21,23)(H,22,24). The van der Waals surface area contributed by atoms with Crippen molar-refractivity contribution in [3.63, 3.8) is 0 Å². The molecule has 0 unspecified atom stereocenters. The van der Waals surface area contributed by atoms with Crippen LogP contribution in [0.4, 0.5) is 5.69 Å². The number of primary amides is 1. The molecule has 0 aliphatic carbocycles. The summed E-state index contributed by atoms with van der Waals surface area (Å²) in [5, 5.41) is 2.83. The molecule has 0 aromatic heterocycles. The van der Waals surface area contributed by atoms with Gasteiger partial charge in [0.1, 0.15) is 0 Å². The molecule has 7 heteroatoms. The molecule has 0 heterocycles. The number of hydrogen-bond acceptors (Lipinski definition) is 5. The fourth-order valence-corrected chi connectivity index (χ4v) is 2.74. The van der Waals surface area contributed by atoms with Crippen molar-refractivity contribution in [2.45, 2.75) is 19.3 Å². The summed E-state index contributed by atoms with van der Waals surface area (Å²) in [6.45, 7) is 0. The van der Waals surface area contributed by atoms with Gasteiger partial charge in [0.25, 0.3) is 0 Å². The van der Waals surface area contributed by atoms with Crippen LogP contribution in [0.1, 0.15) is 17.5 Å². The Balaban J connectivity index is 2.00. The van der Waals surface area contributed by atoms with Gasteiger partial charge < -0.3 is 25.3 Å². The van der Waals surface area contributed by atoms with Gasteiger partial charge in [-0.3, -0.25) is 9.59 Å². The predicted octanol–water partition coefficient (Wildman–Crippen LogP) is 2.31. The summed E-state index contributed by atoms with van der Waals surface area (Å²) in [6, 6.07) is 10.6. The van der Waals surface area contributed by atoms with Crippen molar-refractivity contribution in [1.82, 2.24) is 0 Å². The van der Waals surface area contributed by atoms with Gasteiger partial charge >= 0.3 is 0 Å². The molecule has 2 rings (SSSR count). The zero-order valence-electron chi connectivity index (χ0n) is 15.7. The van der Waals surface area contributed by atoms with Gasteiger partial charge in [0.05, 0.1) is 27.8 Å². The monoisotopic (exact) mass is 372 g/mol. The lowest BCUT2D eigenvalue weighted by atomic mass is 10.1. The molecular formula is C20H24N2O5. The minimum absolute atomic E-state index is 0.130. The van der Waals surface area contributed by atoms with E-state index < -0.39 is 5.91 Å². The zero-order valence-corrected chi connectivity index (χ0v) is 15.7. The third-order valence-electron chi connectivity index (χ3n) is 4.02. The fourth-order valence-electron chi connectivity index (χ4n) is 2.74. The van der Waals surface area contributed by atoms with Crippen LogP contribution < -0.4 is 25.3 Å². The molecule has 3 N–H and O–H groups in total. The second kappa shape index (κ2) is 9.47. The van der Waals surface area contributed by atoms with E-state index in [9.17, 15) is 9.59 Å². The molecule has 0 saturated heterocycles. The summed E-state index contributed by atoms with van der Waals surface area (Å²) in [5.41, 5.74) is 7.48. The first kappa shape index (κ1) is 20.1. The van der Waals surface area contributed by atoms with E-state index in [1.807, 2.05) is 6.07 Å². The number of anilines is 1. The van der Waals surface area contributed by atoms with E-state index in [1.54, 1.807) is 51.7 Å². The number of aryl methyl sites for hydroxylation is 1. The van der Waals surface area contributed by atoms with Crippen LogP contribution in [0, 0.1) is 0 Å². The summed E-state index contributed by atoms with van der Waals surface area (Å²) >= 11 is 0. The van der Waals surface area contributed by atoms with E-state index in [0.29, 0.717) is 29.4 Å². The molecule has 2 aromatic carbocycles. The first-order chi connectivity index (χ1) is 13.0. The van der Waals surface area contributed by atoms with Crippen molar-refractivity contribution >= 4 is 17.5 Å². The van der Waals surface area contributed by atoms with Crippen LogP contribution in [-0.4, -0.2) is 33.1 Å². The molecule has 0 atom stereocenters. The molecule has 27 heavy (non-hydrogen) atoms. The molecule has 2 amide bonds. The van der Waals surface area contributed by atoms with Gasteiger partial charge in [-0.05, 0) is 35.7 Å². The maximum Gasteiger partial charge on any atom is 0.224 e. The number of ether oxygens (including phenoxy) is 3. The molecule has 7 nitrogen and oxygen atoms in total. The number of benzene rings is 2. The van der Waals surface area contributed by atoms with Gasteiger partial charge in [-0.15, -0.1) is 0 Å². The molecule has 2 aromatic rings. The minimum Gasteiger partial charge on any atom is -0.493 e. The van der Waals surface area contributed by atoms with Gasteiger partial charge in [0.2, 0.25) is 17.6 Å². The molecule has 0 aliphatic rings. The Labute approximate surface area is 158 Å². The highest BCUT2D eigenvalue weighted by molar-refractivity contribution is 5.91. The van der Waals surface area contributed by atoms with E-state index >= 15 is 0 Å². The summed E-state index contributed by atoms with van der Waals surface area (Å²) in [7, 11) is 4.65. The maximum absolute atomic E-state index is 12.2. The smallest absolute Gasteiger partial charge is 0.224 e.